The Morgan fingerprint density at radius 2 is 0.661 bits per heavy atom. The summed E-state index contributed by atoms with van der Waals surface area (Å²) in [5, 5.41) is 0. The van der Waals surface area contributed by atoms with Crippen molar-refractivity contribution < 1.29 is 28.4 Å². The monoisotopic (exact) mass is 828 g/mol. The van der Waals surface area contributed by atoms with Crippen LogP contribution in [0.1, 0.15) is 34.7 Å². The quantitative estimate of drug-likeness (QED) is 0.0401. The molecule has 0 bridgehead atoms. The Kier molecular flexibility index (Phi) is 18.0. The predicted molar refractivity (Wildman–Crippen MR) is 239 cm³/mol. The summed E-state index contributed by atoms with van der Waals surface area (Å²) in [5.41, 5.74) is 4.85. The van der Waals surface area contributed by atoms with Gasteiger partial charge in [-0.25, -0.2) is 0 Å². The summed E-state index contributed by atoms with van der Waals surface area (Å²) in [6, 6.07) is 35.5. The van der Waals surface area contributed by atoms with E-state index < -0.39 is 0 Å². The molecule has 4 aromatic heterocycles. The largest absolute Gasteiger partial charge is 0.379 e. The first-order valence-corrected chi connectivity index (χ1v) is 22.7. The molecule has 0 aliphatic carbocycles. The first kappa shape index (κ1) is 42.3. The van der Waals surface area contributed by atoms with E-state index in [0.29, 0.717) is 66.1 Å². The number of benzene rings is 2. The minimum Gasteiger partial charge on any atom is -0.379 e. The summed E-state index contributed by atoms with van der Waals surface area (Å²) in [5.74, 6) is 0. The van der Waals surface area contributed by atoms with Gasteiger partial charge in [-0.3, -0.25) is 0 Å². The fourth-order valence-electron chi connectivity index (χ4n) is 5.76. The molecule has 296 valence electrons. The van der Waals surface area contributed by atoms with Gasteiger partial charge in [0.2, 0.25) is 0 Å². The molecule has 56 heavy (non-hydrogen) atoms. The van der Waals surface area contributed by atoms with Gasteiger partial charge in [0.05, 0.1) is 66.1 Å². The number of rotatable bonds is 26. The topological polar surface area (TPSA) is 55.4 Å². The zero-order valence-corrected chi connectivity index (χ0v) is 35.6. The molecule has 6 aromatic rings. The highest BCUT2D eigenvalue weighted by Crippen LogP contribution is 2.39. The lowest BCUT2D eigenvalue weighted by Gasteiger charge is -2.05. The number of hydrogen-bond donors (Lipinski definition) is 0. The Morgan fingerprint density at radius 1 is 0.339 bits per heavy atom. The summed E-state index contributed by atoms with van der Waals surface area (Å²) >= 11 is 7.39. The fourth-order valence-corrected chi connectivity index (χ4v) is 9.94. The van der Waals surface area contributed by atoms with Gasteiger partial charge in [-0.05, 0) is 84.6 Å². The second kappa shape index (κ2) is 23.8. The second-order valence-corrected chi connectivity index (χ2v) is 17.3. The molecule has 10 heteroatoms. The van der Waals surface area contributed by atoms with Gasteiger partial charge in [0.15, 0.2) is 0 Å². The van der Waals surface area contributed by atoms with Crippen molar-refractivity contribution in [3.8, 4) is 40.4 Å². The zero-order valence-electron chi connectivity index (χ0n) is 32.4. The molecule has 0 unspecified atom stereocenters. The molecular formula is C46H52O6S4. The Hall–Kier alpha value is -3.26. The molecule has 0 spiro atoms. The maximum Gasteiger partial charge on any atom is 0.0701 e. The normalized spacial score (nSPS) is 11.7. The molecular weight excluding hydrogens is 777 g/mol. The van der Waals surface area contributed by atoms with Crippen LogP contribution in [0.25, 0.3) is 52.5 Å². The van der Waals surface area contributed by atoms with Crippen LogP contribution in [-0.4, -0.2) is 79.3 Å². The van der Waals surface area contributed by atoms with E-state index >= 15 is 0 Å². The smallest absolute Gasteiger partial charge is 0.0701 e. The van der Waals surface area contributed by atoms with E-state index in [1.807, 2.05) is 59.2 Å². The summed E-state index contributed by atoms with van der Waals surface area (Å²) in [6.45, 7) is 11.8. The minimum absolute atomic E-state index is 0.605. The highest BCUT2D eigenvalue weighted by molar-refractivity contribution is 7.24. The molecule has 0 radical (unpaired) electrons. The van der Waals surface area contributed by atoms with Gasteiger partial charge >= 0.3 is 0 Å². The van der Waals surface area contributed by atoms with Crippen LogP contribution in [-0.2, 0) is 41.3 Å². The Labute approximate surface area is 348 Å². The highest BCUT2D eigenvalue weighted by atomic mass is 32.1. The van der Waals surface area contributed by atoms with Crippen molar-refractivity contribution in [2.24, 2.45) is 0 Å². The van der Waals surface area contributed by atoms with Crippen molar-refractivity contribution in [1.29, 1.82) is 0 Å². The van der Waals surface area contributed by atoms with Crippen LogP contribution in [0.2, 0.25) is 0 Å². The summed E-state index contributed by atoms with van der Waals surface area (Å²) in [7, 11) is 0. The van der Waals surface area contributed by atoms with Crippen LogP contribution in [0, 0.1) is 0 Å². The standard InChI is InChI=1S/C46H52O6S4/c1-3-47-27-29-51-33-31-49-25-23-39-15-17-43(53-39)45-21-19-41(55-45)37-11-7-35(8-12-37)5-6-36-9-13-38(14-10-36)42-20-22-46(56-42)44-18-16-40(54-44)24-26-50-32-34-52-30-28-48-4-2/h5-22H,3-4,23-34H2,1-2H3/b6-5+. The predicted octanol–water partition coefficient (Wildman–Crippen LogP) is 12.0. The lowest BCUT2D eigenvalue weighted by molar-refractivity contribution is 0.0176. The Bertz CT molecular complexity index is 1860. The third kappa shape index (κ3) is 13.7. The molecule has 0 aliphatic heterocycles. The van der Waals surface area contributed by atoms with Crippen molar-refractivity contribution >= 4 is 57.5 Å². The molecule has 6 nitrogen and oxygen atoms in total. The van der Waals surface area contributed by atoms with Gasteiger partial charge in [0.1, 0.15) is 0 Å². The molecule has 2 aromatic carbocycles. The summed E-state index contributed by atoms with van der Waals surface area (Å²) in [4.78, 5) is 10.5. The van der Waals surface area contributed by atoms with Crippen molar-refractivity contribution in [2.45, 2.75) is 26.7 Å². The molecule has 0 fully saturated rings. The van der Waals surface area contributed by atoms with E-state index in [9.17, 15) is 0 Å². The van der Waals surface area contributed by atoms with E-state index in [2.05, 4.69) is 109 Å². The zero-order chi connectivity index (χ0) is 38.6. The van der Waals surface area contributed by atoms with Crippen molar-refractivity contribution in [2.75, 3.05) is 79.3 Å². The molecule has 4 heterocycles. The van der Waals surface area contributed by atoms with Crippen LogP contribution in [0.3, 0.4) is 0 Å². The van der Waals surface area contributed by atoms with Gasteiger partial charge in [0.25, 0.3) is 0 Å². The van der Waals surface area contributed by atoms with Crippen LogP contribution in [0.5, 0.6) is 0 Å². The summed E-state index contributed by atoms with van der Waals surface area (Å²) < 4.78 is 33.1. The molecule has 0 saturated heterocycles. The SMILES string of the molecule is CCOCCOCCOCCc1ccc(-c2ccc(-c3ccc(/C=C/c4ccc(-c5ccc(-c6ccc(CCOCCOCCOCC)s6)s5)cc4)cc3)s2)s1. The van der Waals surface area contributed by atoms with Crippen LogP contribution >= 0.6 is 45.3 Å². The molecule has 0 N–H and O–H groups in total. The van der Waals surface area contributed by atoms with Crippen molar-refractivity contribution in [3.63, 3.8) is 0 Å². The molecule has 0 aliphatic rings. The van der Waals surface area contributed by atoms with E-state index in [-0.39, 0.29) is 0 Å². The molecule has 6 rings (SSSR count). The highest BCUT2D eigenvalue weighted by Gasteiger charge is 2.10. The van der Waals surface area contributed by atoms with E-state index in [4.69, 9.17) is 28.4 Å². The third-order valence-electron chi connectivity index (χ3n) is 8.76. The molecule has 0 saturated carbocycles. The van der Waals surface area contributed by atoms with E-state index in [1.54, 1.807) is 0 Å². The lowest BCUT2D eigenvalue weighted by atomic mass is 10.1. The van der Waals surface area contributed by atoms with Crippen molar-refractivity contribution in [3.05, 3.63) is 118 Å². The van der Waals surface area contributed by atoms with Gasteiger partial charge in [-0.15, -0.1) is 45.3 Å². The average molecular weight is 829 g/mol. The Balaban J connectivity index is 0.922. The van der Waals surface area contributed by atoms with Gasteiger partial charge in [-0.1, -0.05) is 60.7 Å². The van der Waals surface area contributed by atoms with Crippen LogP contribution in [0.15, 0.2) is 97.1 Å². The summed E-state index contributed by atoms with van der Waals surface area (Å²) in [6.07, 6.45) is 6.20. The van der Waals surface area contributed by atoms with Gasteiger partial charge < -0.3 is 28.4 Å². The van der Waals surface area contributed by atoms with Crippen molar-refractivity contribution in [1.82, 2.24) is 0 Å². The maximum atomic E-state index is 5.76. The third-order valence-corrected chi connectivity index (χ3v) is 13.7. The average Bonchev–Trinajstić information content (AvgIpc) is 4.07. The first-order chi connectivity index (χ1) is 27.7. The fraction of sp³-hybridized carbons (Fsp3) is 0.348. The van der Waals surface area contributed by atoms with Gasteiger partial charge in [0, 0.05) is 65.1 Å². The van der Waals surface area contributed by atoms with Crippen LogP contribution in [0.4, 0.5) is 0 Å². The van der Waals surface area contributed by atoms with Crippen LogP contribution < -0.4 is 0 Å². The maximum absolute atomic E-state index is 5.76. The number of hydrogen-bond acceptors (Lipinski definition) is 10. The first-order valence-electron chi connectivity index (χ1n) is 19.4. The Morgan fingerprint density at radius 3 is 1.05 bits per heavy atom. The number of thiophene rings is 4. The van der Waals surface area contributed by atoms with E-state index in [0.717, 1.165) is 26.1 Å². The second-order valence-electron chi connectivity index (χ2n) is 12.8. The molecule has 0 amide bonds. The van der Waals surface area contributed by atoms with Gasteiger partial charge in [-0.2, -0.15) is 0 Å². The number of ether oxygens (including phenoxy) is 6. The molecule has 0 atom stereocenters. The lowest BCUT2D eigenvalue weighted by Crippen LogP contribution is -2.10. The minimum atomic E-state index is 0.605. The van der Waals surface area contributed by atoms with E-state index in [1.165, 1.54) is 61.3 Å².